The van der Waals surface area contributed by atoms with Gasteiger partial charge in [-0.3, -0.25) is 0 Å². The average Bonchev–Trinajstić information content (AvgIpc) is 2.74. The van der Waals surface area contributed by atoms with Gasteiger partial charge in [0.1, 0.15) is 0 Å². The molecule has 0 heterocycles. The molecule has 1 aliphatic rings. The molecule has 2 heteroatoms. The monoisotopic (exact) mass is 364 g/mol. The Hall–Kier alpha value is -1.64. The summed E-state index contributed by atoms with van der Waals surface area (Å²) < 4.78 is 0. The van der Waals surface area contributed by atoms with Crippen LogP contribution in [0, 0.1) is 0 Å². The third kappa shape index (κ3) is 4.44. The van der Waals surface area contributed by atoms with Crippen molar-refractivity contribution in [2.24, 2.45) is 5.73 Å². The highest BCUT2D eigenvalue weighted by Crippen LogP contribution is 2.48. The SMILES string of the molecule is CCCCN(C)CC1(c2ccccc2)CCC(CN)(c2ccccc2)CC1. The van der Waals surface area contributed by atoms with Crippen molar-refractivity contribution in [1.82, 2.24) is 4.90 Å². The van der Waals surface area contributed by atoms with Crippen LogP contribution in [0.4, 0.5) is 0 Å². The Bertz CT molecular complexity index is 672. The topological polar surface area (TPSA) is 29.3 Å². The summed E-state index contributed by atoms with van der Waals surface area (Å²) in [5, 5.41) is 0. The number of nitrogens with zero attached hydrogens (tertiary/aromatic N) is 1. The Balaban J connectivity index is 1.84. The highest BCUT2D eigenvalue weighted by molar-refractivity contribution is 5.32. The van der Waals surface area contributed by atoms with E-state index in [2.05, 4.69) is 79.5 Å². The molecule has 2 aromatic carbocycles. The summed E-state index contributed by atoms with van der Waals surface area (Å²) in [4.78, 5) is 2.55. The van der Waals surface area contributed by atoms with E-state index in [1.165, 1.54) is 56.2 Å². The Morgan fingerprint density at radius 2 is 1.30 bits per heavy atom. The maximum atomic E-state index is 6.35. The fourth-order valence-corrected chi connectivity index (χ4v) is 4.96. The Labute approximate surface area is 165 Å². The smallest absolute Gasteiger partial charge is 0.00808 e. The van der Waals surface area contributed by atoms with Gasteiger partial charge in [-0.1, -0.05) is 74.0 Å². The normalized spacial score (nSPS) is 25.6. The predicted molar refractivity (Wildman–Crippen MR) is 116 cm³/mol. The molecule has 0 unspecified atom stereocenters. The predicted octanol–water partition coefficient (Wildman–Crippen LogP) is 5.13. The second-order valence-corrected chi connectivity index (χ2v) is 8.59. The first kappa shape index (κ1) is 20.1. The van der Waals surface area contributed by atoms with Crippen molar-refractivity contribution in [2.45, 2.75) is 56.3 Å². The lowest BCUT2D eigenvalue weighted by molar-refractivity contribution is 0.148. The van der Waals surface area contributed by atoms with E-state index in [9.17, 15) is 0 Å². The van der Waals surface area contributed by atoms with Crippen molar-refractivity contribution in [3.05, 3.63) is 71.8 Å². The molecule has 27 heavy (non-hydrogen) atoms. The molecule has 0 spiro atoms. The van der Waals surface area contributed by atoms with Gasteiger partial charge in [0.15, 0.2) is 0 Å². The van der Waals surface area contributed by atoms with Crippen molar-refractivity contribution in [3.63, 3.8) is 0 Å². The van der Waals surface area contributed by atoms with Crippen LogP contribution >= 0.6 is 0 Å². The molecule has 1 saturated carbocycles. The van der Waals surface area contributed by atoms with E-state index in [0.29, 0.717) is 0 Å². The molecular weight excluding hydrogens is 328 g/mol. The minimum atomic E-state index is 0.140. The third-order valence-corrected chi connectivity index (χ3v) is 6.79. The first-order valence-electron chi connectivity index (χ1n) is 10.6. The summed E-state index contributed by atoms with van der Waals surface area (Å²) in [6.45, 7) is 5.35. The zero-order chi connectivity index (χ0) is 19.2. The number of benzene rings is 2. The van der Waals surface area contributed by atoms with E-state index in [0.717, 1.165) is 13.1 Å². The Kier molecular flexibility index (Phi) is 6.73. The highest BCUT2D eigenvalue weighted by atomic mass is 15.1. The zero-order valence-corrected chi connectivity index (χ0v) is 17.2. The second-order valence-electron chi connectivity index (χ2n) is 8.59. The minimum Gasteiger partial charge on any atom is -0.330 e. The van der Waals surface area contributed by atoms with Crippen molar-refractivity contribution in [1.29, 1.82) is 0 Å². The fraction of sp³-hybridized carbons (Fsp3) is 0.520. The van der Waals surface area contributed by atoms with Gasteiger partial charge in [0.2, 0.25) is 0 Å². The lowest BCUT2D eigenvalue weighted by Gasteiger charge is -2.48. The summed E-state index contributed by atoms with van der Waals surface area (Å²) in [5.74, 6) is 0. The van der Waals surface area contributed by atoms with Gasteiger partial charge in [-0.15, -0.1) is 0 Å². The molecule has 2 aromatic rings. The van der Waals surface area contributed by atoms with E-state index in [1.54, 1.807) is 0 Å². The van der Waals surface area contributed by atoms with Gasteiger partial charge < -0.3 is 10.6 Å². The molecule has 0 amide bonds. The molecule has 1 aliphatic carbocycles. The third-order valence-electron chi connectivity index (χ3n) is 6.79. The van der Waals surface area contributed by atoms with E-state index >= 15 is 0 Å². The molecule has 0 aliphatic heterocycles. The first-order valence-corrected chi connectivity index (χ1v) is 10.6. The fourth-order valence-electron chi connectivity index (χ4n) is 4.96. The van der Waals surface area contributed by atoms with Crippen molar-refractivity contribution in [3.8, 4) is 0 Å². The molecule has 0 bridgehead atoms. The summed E-state index contributed by atoms with van der Waals surface area (Å²) >= 11 is 0. The van der Waals surface area contributed by atoms with Crippen LogP contribution in [0.3, 0.4) is 0 Å². The largest absolute Gasteiger partial charge is 0.330 e. The molecule has 0 atom stereocenters. The zero-order valence-electron chi connectivity index (χ0n) is 17.2. The molecule has 0 aromatic heterocycles. The first-order chi connectivity index (χ1) is 13.1. The molecule has 0 radical (unpaired) electrons. The van der Waals surface area contributed by atoms with Crippen LogP contribution in [0.1, 0.15) is 56.6 Å². The summed E-state index contributed by atoms with van der Waals surface area (Å²) in [5.41, 5.74) is 9.67. The van der Waals surface area contributed by atoms with Gasteiger partial charge in [-0.05, 0) is 56.8 Å². The summed E-state index contributed by atoms with van der Waals surface area (Å²) in [7, 11) is 2.29. The van der Waals surface area contributed by atoms with E-state index < -0.39 is 0 Å². The Morgan fingerprint density at radius 3 is 1.78 bits per heavy atom. The van der Waals surface area contributed by atoms with E-state index in [1.807, 2.05) is 0 Å². The number of hydrogen-bond acceptors (Lipinski definition) is 2. The standard InChI is InChI=1S/C25H36N2/c1-3-4-19-27(2)21-25(23-13-9-6-10-14-23)17-15-24(20-26,16-18-25)22-11-7-5-8-12-22/h5-14H,3-4,15-21,26H2,1-2H3. The average molecular weight is 365 g/mol. The van der Waals surface area contributed by atoms with Crippen molar-refractivity contribution in [2.75, 3.05) is 26.7 Å². The maximum absolute atomic E-state index is 6.35. The summed E-state index contributed by atoms with van der Waals surface area (Å²) in [6.07, 6.45) is 7.29. The quantitative estimate of drug-likeness (QED) is 0.704. The molecule has 2 N–H and O–H groups in total. The molecule has 3 rings (SSSR count). The molecule has 0 saturated heterocycles. The molecule has 2 nitrogen and oxygen atoms in total. The van der Waals surface area contributed by atoms with Crippen LogP contribution in [0.15, 0.2) is 60.7 Å². The number of nitrogens with two attached hydrogens (primary N) is 1. The second kappa shape index (κ2) is 9.03. The van der Waals surface area contributed by atoms with Gasteiger partial charge in [0.25, 0.3) is 0 Å². The van der Waals surface area contributed by atoms with Gasteiger partial charge >= 0.3 is 0 Å². The van der Waals surface area contributed by atoms with Crippen molar-refractivity contribution >= 4 is 0 Å². The highest BCUT2D eigenvalue weighted by Gasteiger charge is 2.44. The van der Waals surface area contributed by atoms with E-state index in [4.69, 9.17) is 5.73 Å². The maximum Gasteiger partial charge on any atom is 0.00808 e. The van der Waals surface area contributed by atoms with Crippen LogP contribution in [-0.4, -0.2) is 31.6 Å². The number of rotatable bonds is 8. The van der Waals surface area contributed by atoms with Gasteiger partial charge in [0.05, 0.1) is 0 Å². The number of hydrogen-bond donors (Lipinski definition) is 1. The molecular formula is C25H36N2. The van der Waals surface area contributed by atoms with Crippen LogP contribution in [0.2, 0.25) is 0 Å². The number of unbranched alkanes of at least 4 members (excludes halogenated alkanes) is 1. The Morgan fingerprint density at radius 1 is 0.815 bits per heavy atom. The lowest BCUT2D eigenvalue weighted by atomic mass is 9.59. The van der Waals surface area contributed by atoms with Crippen LogP contribution in [-0.2, 0) is 10.8 Å². The lowest BCUT2D eigenvalue weighted by Crippen LogP contribution is -2.48. The van der Waals surface area contributed by atoms with Crippen LogP contribution in [0.5, 0.6) is 0 Å². The van der Waals surface area contributed by atoms with Gasteiger partial charge in [0, 0.05) is 23.9 Å². The van der Waals surface area contributed by atoms with Crippen LogP contribution < -0.4 is 5.73 Å². The summed E-state index contributed by atoms with van der Waals surface area (Å²) in [6, 6.07) is 22.2. The van der Waals surface area contributed by atoms with Gasteiger partial charge in [-0.25, -0.2) is 0 Å². The van der Waals surface area contributed by atoms with E-state index in [-0.39, 0.29) is 10.8 Å². The molecule has 1 fully saturated rings. The minimum absolute atomic E-state index is 0.140. The van der Waals surface area contributed by atoms with Gasteiger partial charge in [-0.2, -0.15) is 0 Å². The molecule has 146 valence electrons. The van der Waals surface area contributed by atoms with Crippen molar-refractivity contribution < 1.29 is 0 Å². The number of likely N-dealkylation sites (N-methyl/N-ethyl adjacent to an activating group) is 1. The van der Waals surface area contributed by atoms with Crippen LogP contribution in [0.25, 0.3) is 0 Å².